The summed E-state index contributed by atoms with van der Waals surface area (Å²) in [4.78, 5) is 28.9. The molecule has 1 aromatic rings. The van der Waals surface area contributed by atoms with Crippen LogP contribution in [0.5, 0.6) is 5.75 Å². The summed E-state index contributed by atoms with van der Waals surface area (Å²) in [6, 6.07) is 7.26. The maximum absolute atomic E-state index is 13.0. The molecule has 0 aromatic heterocycles. The molecule has 2 aliphatic heterocycles. The molecule has 23 heavy (non-hydrogen) atoms. The monoisotopic (exact) mass is 314 g/mol. The van der Waals surface area contributed by atoms with E-state index in [4.69, 9.17) is 4.74 Å². The van der Waals surface area contributed by atoms with Crippen molar-refractivity contribution in [1.29, 1.82) is 0 Å². The number of fused-ring (bicyclic) bond motifs is 1. The molecule has 0 N–H and O–H groups in total. The van der Waals surface area contributed by atoms with Crippen LogP contribution >= 0.6 is 0 Å². The Labute approximate surface area is 136 Å². The predicted octanol–water partition coefficient (Wildman–Crippen LogP) is 2.81. The Morgan fingerprint density at radius 2 is 1.87 bits per heavy atom. The van der Waals surface area contributed by atoms with Crippen molar-refractivity contribution in [3.63, 3.8) is 0 Å². The van der Waals surface area contributed by atoms with E-state index in [1.165, 1.54) is 4.90 Å². The Bertz CT molecular complexity index is 651. The van der Waals surface area contributed by atoms with Gasteiger partial charge in [0.25, 0.3) is 5.91 Å². The number of rotatable bonds is 4. The lowest BCUT2D eigenvalue weighted by Gasteiger charge is -2.39. The Morgan fingerprint density at radius 3 is 2.43 bits per heavy atom. The van der Waals surface area contributed by atoms with Crippen LogP contribution in [0.1, 0.15) is 25.8 Å². The van der Waals surface area contributed by atoms with Crippen molar-refractivity contribution in [3.8, 4) is 5.75 Å². The molecule has 1 aromatic carbocycles. The minimum atomic E-state index is -0.724. The van der Waals surface area contributed by atoms with E-state index in [9.17, 15) is 9.59 Å². The van der Waals surface area contributed by atoms with Gasteiger partial charge < -0.3 is 9.64 Å². The number of carbonyl (C=O) groups is 2. The zero-order valence-electron chi connectivity index (χ0n) is 13.8. The van der Waals surface area contributed by atoms with Crippen molar-refractivity contribution >= 4 is 11.9 Å². The highest BCUT2D eigenvalue weighted by atomic mass is 16.5. The minimum Gasteiger partial charge on any atom is -0.497 e. The molecule has 1 saturated heterocycles. The van der Waals surface area contributed by atoms with E-state index in [-0.39, 0.29) is 17.9 Å². The second-order valence-corrected chi connectivity index (χ2v) is 6.39. The van der Waals surface area contributed by atoms with Gasteiger partial charge in [0.1, 0.15) is 11.3 Å². The van der Waals surface area contributed by atoms with Crippen molar-refractivity contribution in [3.05, 3.63) is 42.0 Å². The van der Waals surface area contributed by atoms with Gasteiger partial charge in [0.05, 0.1) is 13.7 Å². The number of hydrogen-bond acceptors (Lipinski definition) is 3. The van der Waals surface area contributed by atoms with Crippen LogP contribution in [0.2, 0.25) is 0 Å². The molecule has 2 heterocycles. The molecule has 1 atom stereocenters. The molecule has 122 valence electrons. The third-order valence-corrected chi connectivity index (χ3v) is 4.90. The van der Waals surface area contributed by atoms with Crippen LogP contribution in [0.15, 0.2) is 36.4 Å². The van der Waals surface area contributed by atoms with E-state index in [2.05, 4.69) is 0 Å². The van der Waals surface area contributed by atoms with Gasteiger partial charge in [-0.25, -0.2) is 4.79 Å². The first-order chi connectivity index (χ1) is 11.0. The smallest absolute Gasteiger partial charge is 0.328 e. The zero-order valence-corrected chi connectivity index (χ0v) is 13.8. The Kier molecular flexibility index (Phi) is 3.88. The standard InChI is InChI=1S/C18H22N2O3/c1-13(2)18-10-4-5-11-20(18)17(22)19(16(18)21)12-14-6-8-15(23-3)9-7-14/h4-9,13H,10-12H2,1-3H3. The highest BCUT2D eigenvalue weighted by molar-refractivity contribution is 6.07. The Hall–Kier alpha value is -2.30. The number of ether oxygens (including phenoxy) is 1. The number of benzene rings is 1. The van der Waals surface area contributed by atoms with Gasteiger partial charge in [0.15, 0.2) is 0 Å². The van der Waals surface area contributed by atoms with Gasteiger partial charge in [-0.15, -0.1) is 0 Å². The zero-order chi connectivity index (χ0) is 16.6. The summed E-state index contributed by atoms with van der Waals surface area (Å²) in [5, 5.41) is 0. The summed E-state index contributed by atoms with van der Waals surface area (Å²) in [5.74, 6) is 0.746. The van der Waals surface area contributed by atoms with Crippen molar-refractivity contribution in [2.75, 3.05) is 13.7 Å². The first-order valence-corrected chi connectivity index (χ1v) is 7.92. The predicted molar refractivity (Wildman–Crippen MR) is 87.0 cm³/mol. The normalized spacial score (nSPS) is 23.7. The summed E-state index contributed by atoms with van der Waals surface area (Å²) >= 11 is 0. The second kappa shape index (κ2) is 5.72. The molecule has 3 amide bonds. The molecule has 5 nitrogen and oxygen atoms in total. The number of urea groups is 1. The number of nitrogens with zero attached hydrogens (tertiary/aromatic N) is 2. The highest BCUT2D eigenvalue weighted by Crippen LogP contribution is 2.40. The molecule has 5 heteroatoms. The van der Waals surface area contributed by atoms with Gasteiger partial charge in [-0.05, 0) is 30.0 Å². The Morgan fingerprint density at radius 1 is 1.17 bits per heavy atom. The number of imide groups is 1. The van der Waals surface area contributed by atoms with Gasteiger partial charge in [-0.3, -0.25) is 9.69 Å². The maximum atomic E-state index is 13.0. The molecule has 1 unspecified atom stereocenters. The van der Waals surface area contributed by atoms with Crippen LogP contribution in [0.3, 0.4) is 0 Å². The molecule has 0 aliphatic carbocycles. The lowest BCUT2D eigenvalue weighted by Crippen LogP contribution is -2.54. The average molecular weight is 314 g/mol. The molecule has 0 bridgehead atoms. The first-order valence-electron chi connectivity index (χ1n) is 7.92. The largest absolute Gasteiger partial charge is 0.497 e. The van der Waals surface area contributed by atoms with E-state index >= 15 is 0 Å². The summed E-state index contributed by atoms with van der Waals surface area (Å²) in [5.41, 5.74) is 0.192. The fraction of sp³-hybridized carbons (Fsp3) is 0.444. The highest BCUT2D eigenvalue weighted by Gasteiger charge is 2.58. The van der Waals surface area contributed by atoms with Crippen molar-refractivity contribution in [1.82, 2.24) is 9.80 Å². The van der Waals surface area contributed by atoms with E-state index in [1.54, 1.807) is 12.0 Å². The van der Waals surface area contributed by atoms with Crippen LogP contribution in [-0.4, -0.2) is 40.9 Å². The minimum absolute atomic E-state index is 0.0739. The second-order valence-electron chi connectivity index (χ2n) is 6.39. The van der Waals surface area contributed by atoms with Gasteiger partial charge in [-0.2, -0.15) is 0 Å². The van der Waals surface area contributed by atoms with Crippen LogP contribution in [0.4, 0.5) is 4.79 Å². The average Bonchev–Trinajstić information content (AvgIpc) is 2.79. The third-order valence-electron chi connectivity index (χ3n) is 4.90. The first kappa shape index (κ1) is 15.6. The van der Waals surface area contributed by atoms with Gasteiger partial charge >= 0.3 is 6.03 Å². The molecule has 3 rings (SSSR count). The molecular formula is C18H22N2O3. The quantitative estimate of drug-likeness (QED) is 0.634. The lowest BCUT2D eigenvalue weighted by atomic mass is 9.80. The van der Waals surface area contributed by atoms with Crippen LogP contribution in [-0.2, 0) is 11.3 Å². The molecule has 0 saturated carbocycles. The van der Waals surface area contributed by atoms with Gasteiger partial charge in [-0.1, -0.05) is 38.1 Å². The van der Waals surface area contributed by atoms with Crippen molar-refractivity contribution < 1.29 is 14.3 Å². The maximum Gasteiger partial charge on any atom is 0.328 e. The number of hydrogen-bond donors (Lipinski definition) is 0. The summed E-state index contributed by atoms with van der Waals surface area (Å²) < 4.78 is 5.14. The van der Waals surface area contributed by atoms with Crippen LogP contribution < -0.4 is 4.74 Å². The van der Waals surface area contributed by atoms with E-state index in [0.717, 1.165) is 11.3 Å². The van der Waals surface area contributed by atoms with Gasteiger partial charge in [0.2, 0.25) is 0 Å². The lowest BCUT2D eigenvalue weighted by molar-refractivity contribution is -0.135. The van der Waals surface area contributed by atoms with E-state index < -0.39 is 5.54 Å². The number of methoxy groups -OCH3 is 1. The van der Waals surface area contributed by atoms with Crippen molar-refractivity contribution in [2.24, 2.45) is 5.92 Å². The molecule has 0 radical (unpaired) electrons. The van der Waals surface area contributed by atoms with Crippen LogP contribution in [0.25, 0.3) is 0 Å². The van der Waals surface area contributed by atoms with Crippen molar-refractivity contribution in [2.45, 2.75) is 32.4 Å². The number of amides is 3. The van der Waals surface area contributed by atoms with E-state index in [1.807, 2.05) is 50.3 Å². The van der Waals surface area contributed by atoms with Gasteiger partial charge in [0, 0.05) is 6.54 Å². The van der Waals surface area contributed by atoms with Crippen LogP contribution in [0, 0.1) is 5.92 Å². The summed E-state index contributed by atoms with van der Waals surface area (Å²) in [7, 11) is 1.61. The molecule has 1 fully saturated rings. The Balaban J connectivity index is 1.89. The fourth-order valence-corrected chi connectivity index (χ4v) is 3.48. The molecular weight excluding hydrogens is 292 g/mol. The number of carbonyl (C=O) groups excluding carboxylic acids is 2. The summed E-state index contributed by atoms with van der Waals surface area (Å²) in [6.07, 6.45) is 4.57. The summed E-state index contributed by atoms with van der Waals surface area (Å²) in [6.45, 7) is 4.82. The molecule has 2 aliphatic rings. The fourth-order valence-electron chi connectivity index (χ4n) is 3.48. The molecule has 0 spiro atoms. The SMILES string of the molecule is COc1ccc(CN2C(=O)N3CC=CCC3(C(C)C)C2=O)cc1. The van der Waals surface area contributed by atoms with E-state index in [0.29, 0.717) is 19.5 Å². The topological polar surface area (TPSA) is 49.9 Å². The third kappa shape index (κ3) is 2.31.